The van der Waals surface area contributed by atoms with Gasteiger partial charge in [0, 0.05) is 13.0 Å². The second kappa shape index (κ2) is 5.29. The average molecular weight is 227 g/mol. The molecule has 16 heavy (non-hydrogen) atoms. The van der Waals surface area contributed by atoms with E-state index in [4.69, 9.17) is 9.84 Å². The normalized spacial score (nSPS) is 10.3. The number of anilines is 1. The Kier molecular flexibility index (Phi) is 4.04. The van der Waals surface area contributed by atoms with E-state index in [0.29, 0.717) is 19.6 Å². The highest BCUT2D eigenvalue weighted by molar-refractivity contribution is 5.67. The first kappa shape index (κ1) is 12.2. The first-order valence-corrected chi connectivity index (χ1v) is 4.99. The minimum atomic E-state index is -0.892. The molecule has 1 rings (SSSR count). The molecule has 6 nitrogen and oxygen atoms in total. The second-order valence-electron chi connectivity index (χ2n) is 3.22. The van der Waals surface area contributed by atoms with Crippen LogP contribution >= 0.6 is 0 Å². The molecule has 0 aromatic heterocycles. The Balaban J connectivity index is 2.48. The van der Waals surface area contributed by atoms with Gasteiger partial charge in [-0.05, 0) is 13.3 Å². The van der Waals surface area contributed by atoms with Crippen LogP contribution in [0.5, 0.6) is 5.75 Å². The van der Waals surface area contributed by atoms with Gasteiger partial charge in [0.05, 0.1) is 6.61 Å². The van der Waals surface area contributed by atoms with Gasteiger partial charge in [-0.25, -0.2) is 0 Å². The number of carboxylic acids is 1. The molecule has 0 fully saturated rings. The molecule has 0 radical (unpaired) electrons. The molecule has 6 heteroatoms. The lowest BCUT2D eigenvalue weighted by Gasteiger charge is -2.12. The Morgan fingerprint density at radius 1 is 1.38 bits per heavy atom. The van der Waals surface area contributed by atoms with Crippen LogP contribution in [0.25, 0.3) is 0 Å². The smallest absolute Gasteiger partial charge is 0.303 e. The molecular weight excluding hydrogens is 214 g/mol. The van der Waals surface area contributed by atoms with Crippen molar-refractivity contribution in [3.05, 3.63) is 20.4 Å². The number of carboxylic acid groups (broad SMARTS) is 1. The number of aliphatic carboxylic acids is 1. The number of hydrogen-bond donors (Lipinski definition) is 2. The van der Waals surface area contributed by atoms with Crippen molar-refractivity contribution in [2.24, 2.45) is 0 Å². The van der Waals surface area contributed by atoms with Crippen molar-refractivity contribution in [2.45, 2.75) is 19.8 Å². The molecule has 0 amide bonds. The lowest BCUT2D eigenvalue weighted by molar-refractivity contribution is -0.137. The second-order valence-corrected chi connectivity index (χ2v) is 3.22. The number of ether oxygens (including phenoxy) is 1. The summed E-state index contributed by atoms with van der Waals surface area (Å²) in [4.78, 5) is 32.4. The van der Waals surface area contributed by atoms with E-state index < -0.39 is 16.8 Å². The Morgan fingerprint density at radius 2 is 2.06 bits per heavy atom. The Bertz CT molecular complexity index is 444. The fourth-order valence-corrected chi connectivity index (χ4v) is 1.27. The van der Waals surface area contributed by atoms with Crippen molar-refractivity contribution in [3.8, 4) is 5.75 Å². The van der Waals surface area contributed by atoms with Crippen LogP contribution in [-0.2, 0) is 4.79 Å². The summed E-state index contributed by atoms with van der Waals surface area (Å²) in [5.74, 6) is -0.834. The van der Waals surface area contributed by atoms with Gasteiger partial charge < -0.3 is 15.2 Å². The summed E-state index contributed by atoms with van der Waals surface area (Å²) < 4.78 is 4.98. The highest BCUT2D eigenvalue weighted by atomic mass is 16.5. The molecule has 1 aromatic carbocycles. The van der Waals surface area contributed by atoms with Crippen molar-refractivity contribution in [1.82, 2.24) is 0 Å². The van der Waals surface area contributed by atoms with Crippen LogP contribution in [0.1, 0.15) is 19.8 Å². The van der Waals surface area contributed by atoms with Crippen molar-refractivity contribution in [2.75, 3.05) is 18.5 Å². The molecule has 0 saturated heterocycles. The Hall–Kier alpha value is -1.85. The van der Waals surface area contributed by atoms with E-state index >= 15 is 0 Å². The molecule has 2 N–H and O–H groups in total. The van der Waals surface area contributed by atoms with Crippen LogP contribution in [0.3, 0.4) is 0 Å². The van der Waals surface area contributed by atoms with Crippen LogP contribution in [-0.4, -0.2) is 24.2 Å². The van der Waals surface area contributed by atoms with Crippen molar-refractivity contribution >= 4 is 11.7 Å². The van der Waals surface area contributed by atoms with Crippen LogP contribution in [0.15, 0.2) is 9.59 Å². The minimum Gasteiger partial charge on any atom is -0.488 e. The van der Waals surface area contributed by atoms with Crippen molar-refractivity contribution < 1.29 is 14.6 Å². The summed E-state index contributed by atoms with van der Waals surface area (Å²) in [7, 11) is 0. The maximum Gasteiger partial charge on any atom is 0.303 e. The summed E-state index contributed by atoms with van der Waals surface area (Å²) in [6.07, 6.45) is 0.409. The van der Waals surface area contributed by atoms with Crippen molar-refractivity contribution in [3.63, 3.8) is 0 Å². The van der Waals surface area contributed by atoms with Gasteiger partial charge in [-0.3, -0.25) is 14.4 Å². The van der Waals surface area contributed by atoms with E-state index in [2.05, 4.69) is 5.32 Å². The Morgan fingerprint density at radius 3 is 2.62 bits per heavy atom. The summed E-state index contributed by atoms with van der Waals surface area (Å²) in [5.41, 5.74) is -1.06. The standard InChI is InChI=1S/C10H13NO5/c1-2-16-10-7(8(14)9(10)15)11-5-3-4-6(12)13/h11H,2-5H2,1H3,(H,12,13). The van der Waals surface area contributed by atoms with E-state index in [1.165, 1.54) is 0 Å². The lowest BCUT2D eigenvalue weighted by Crippen LogP contribution is -2.36. The molecule has 0 heterocycles. The highest BCUT2D eigenvalue weighted by Gasteiger charge is 2.21. The third-order valence-corrected chi connectivity index (χ3v) is 2.02. The first-order valence-electron chi connectivity index (χ1n) is 4.99. The van der Waals surface area contributed by atoms with Crippen LogP contribution < -0.4 is 20.9 Å². The Labute approximate surface area is 91.5 Å². The molecule has 0 aliphatic heterocycles. The topological polar surface area (TPSA) is 92.7 Å². The average Bonchev–Trinajstić information content (AvgIpc) is 2.26. The van der Waals surface area contributed by atoms with Gasteiger partial charge >= 0.3 is 5.97 Å². The van der Waals surface area contributed by atoms with Gasteiger partial charge in [0.2, 0.25) is 0 Å². The predicted octanol–water partition coefficient (Wildman–Crippen LogP) is -0.0420. The maximum atomic E-state index is 11.1. The monoisotopic (exact) mass is 227 g/mol. The third-order valence-electron chi connectivity index (χ3n) is 2.02. The molecule has 0 atom stereocenters. The lowest BCUT2D eigenvalue weighted by atomic mass is 10.2. The summed E-state index contributed by atoms with van der Waals surface area (Å²) in [6, 6.07) is 0. The third kappa shape index (κ3) is 2.59. The zero-order valence-electron chi connectivity index (χ0n) is 8.91. The number of rotatable bonds is 7. The van der Waals surface area contributed by atoms with E-state index in [1.807, 2.05) is 0 Å². The molecule has 0 saturated carbocycles. The fraction of sp³-hybridized carbons (Fsp3) is 0.500. The number of carbonyl (C=O) groups is 1. The first-order chi connectivity index (χ1) is 7.57. The van der Waals surface area contributed by atoms with Crippen molar-refractivity contribution in [1.29, 1.82) is 0 Å². The van der Waals surface area contributed by atoms with E-state index in [-0.39, 0.29) is 17.9 Å². The van der Waals surface area contributed by atoms with Gasteiger partial charge in [0.15, 0.2) is 5.75 Å². The van der Waals surface area contributed by atoms with E-state index in [0.717, 1.165) is 0 Å². The maximum absolute atomic E-state index is 11.1. The molecule has 0 spiro atoms. The molecule has 0 bridgehead atoms. The number of nitrogens with one attached hydrogen (secondary N) is 1. The minimum absolute atomic E-state index is 0.0202. The van der Waals surface area contributed by atoms with E-state index in [9.17, 15) is 14.4 Å². The SMILES string of the molecule is CCOc1c(NCCCC(=O)O)c(=O)c1=O. The quantitative estimate of drug-likeness (QED) is 0.501. The number of hydrogen-bond acceptors (Lipinski definition) is 5. The largest absolute Gasteiger partial charge is 0.488 e. The zero-order chi connectivity index (χ0) is 12.1. The summed E-state index contributed by atoms with van der Waals surface area (Å²) in [6.45, 7) is 2.36. The van der Waals surface area contributed by atoms with Crippen LogP contribution in [0.2, 0.25) is 0 Å². The van der Waals surface area contributed by atoms with Crippen LogP contribution in [0.4, 0.5) is 5.69 Å². The summed E-state index contributed by atoms with van der Waals surface area (Å²) >= 11 is 0. The molecule has 1 aromatic rings. The van der Waals surface area contributed by atoms with Gasteiger partial charge in [0.1, 0.15) is 5.69 Å². The molecule has 0 unspecified atom stereocenters. The summed E-state index contributed by atoms with van der Waals surface area (Å²) in [5, 5.41) is 11.1. The molecular formula is C10H13NO5. The highest BCUT2D eigenvalue weighted by Crippen LogP contribution is 2.16. The van der Waals surface area contributed by atoms with Gasteiger partial charge in [-0.1, -0.05) is 0 Å². The van der Waals surface area contributed by atoms with Gasteiger partial charge in [0.25, 0.3) is 10.9 Å². The van der Waals surface area contributed by atoms with E-state index in [1.54, 1.807) is 6.92 Å². The predicted molar refractivity (Wildman–Crippen MR) is 57.9 cm³/mol. The van der Waals surface area contributed by atoms with Gasteiger partial charge in [-0.2, -0.15) is 0 Å². The zero-order valence-corrected chi connectivity index (χ0v) is 8.91. The molecule has 88 valence electrons. The van der Waals surface area contributed by atoms with Gasteiger partial charge in [-0.15, -0.1) is 0 Å². The fourth-order valence-electron chi connectivity index (χ4n) is 1.27. The molecule has 0 aliphatic rings. The van der Waals surface area contributed by atoms with Crippen LogP contribution in [0, 0.1) is 0 Å². The molecule has 0 aliphatic carbocycles.